The van der Waals surface area contributed by atoms with Crippen LogP contribution >= 0.6 is 0 Å². The minimum atomic E-state index is -0.873. The predicted octanol–water partition coefficient (Wildman–Crippen LogP) is 0.295. The van der Waals surface area contributed by atoms with E-state index in [4.69, 9.17) is 4.74 Å². The maximum absolute atomic E-state index is 12.3. The van der Waals surface area contributed by atoms with Crippen molar-refractivity contribution in [2.75, 3.05) is 18.5 Å². The van der Waals surface area contributed by atoms with Crippen molar-refractivity contribution >= 4 is 17.1 Å². The second kappa shape index (κ2) is 7.44. The number of hydrogen-bond donors (Lipinski definition) is 3. The summed E-state index contributed by atoms with van der Waals surface area (Å²) in [6.45, 7) is 2.61. The van der Waals surface area contributed by atoms with Gasteiger partial charge in [-0.2, -0.15) is 4.98 Å². The number of hydrogen-bond acceptors (Lipinski definition) is 6. The lowest BCUT2D eigenvalue weighted by atomic mass is 10.3. The van der Waals surface area contributed by atoms with Crippen LogP contribution in [-0.4, -0.2) is 43.5 Å². The Kier molecular flexibility index (Phi) is 5.08. The first-order chi connectivity index (χ1) is 12.5. The number of fused-ring (bicyclic) bond motifs is 1. The van der Waals surface area contributed by atoms with E-state index in [2.05, 4.69) is 15.3 Å². The zero-order chi connectivity index (χ0) is 18.7. The van der Waals surface area contributed by atoms with Crippen LogP contribution in [0.3, 0.4) is 0 Å². The molecule has 1 aromatic carbocycles. The van der Waals surface area contributed by atoms with Crippen LogP contribution in [0, 0.1) is 0 Å². The van der Waals surface area contributed by atoms with Gasteiger partial charge in [0.1, 0.15) is 18.5 Å². The van der Waals surface area contributed by atoms with Gasteiger partial charge in [0.2, 0.25) is 5.95 Å². The van der Waals surface area contributed by atoms with E-state index in [9.17, 15) is 14.7 Å². The molecule has 0 aliphatic carbocycles. The molecule has 0 fully saturated rings. The number of imidazole rings is 1. The molecule has 2 heterocycles. The maximum Gasteiger partial charge on any atom is 0.329 e. The molecule has 138 valence electrons. The minimum absolute atomic E-state index is 0.0545. The van der Waals surface area contributed by atoms with Crippen LogP contribution in [0.5, 0.6) is 5.75 Å². The van der Waals surface area contributed by atoms with Gasteiger partial charge in [0, 0.05) is 13.6 Å². The van der Waals surface area contributed by atoms with E-state index in [1.807, 2.05) is 25.1 Å². The topological polar surface area (TPSA) is 114 Å². The fourth-order valence-corrected chi connectivity index (χ4v) is 2.68. The number of nitrogens with zero attached hydrogens (tertiary/aromatic N) is 3. The number of anilines is 1. The highest BCUT2D eigenvalue weighted by Gasteiger charge is 2.19. The van der Waals surface area contributed by atoms with Gasteiger partial charge in [-0.25, -0.2) is 4.79 Å². The molecule has 3 N–H and O–H groups in total. The Balaban J connectivity index is 1.90. The summed E-state index contributed by atoms with van der Waals surface area (Å²) in [5, 5.41) is 13.4. The fraction of sp³-hybridized carbons (Fsp3) is 0.353. The average Bonchev–Trinajstić information content (AvgIpc) is 2.98. The highest BCUT2D eigenvalue weighted by atomic mass is 16.5. The number of aromatic nitrogens is 4. The molecule has 0 saturated heterocycles. The van der Waals surface area contributed by atoms with Crippen molar-refractivity contribution in [1.29, 1.82) is 0 Å². The first-order valence-electron chi connectivity index (χ1n) is 8.30. The van der Waals surface area contributed by atoms with Crippen molar-refractivity contribution in [2.24, 2.45) is 7.05 Å². The summed E-state index contributed by atoms with van der Waals surface area (Å²) in [5.41, 5.74) is -0.605. The third kappa shape index (κ3) is 3.47. The van der Waals surface area contributed by atoms with Gasteiger partial charge < -0.3 is 19.7 Å². The molecule has 3 aromatic rings. The number of rotatable bonds is 7. The van der Waals surface area contributed by atoms with E-state index in [0.29, 0.717) is 18.2 Å². The molecule has 0 radical (unpaired) electrons. The Morgan fingerprint density at radius 3 is 2.73 bits per heavy atom. The molecule has 9 nitrogen and oxygen atoms in total. The van der Waals surface area contributed by atoms with Gasteiger partial charge in [-0.05, 0) is 19.1 Å². The molecule has 0 aliphatic heterocycles. The van der Waals surface area contributed by atoms with Gasteiger partial charge in [0.25, 0.3) is 5.56 Å². The van der Waals surface area contributed by atoms with Crippen LogP contribution in [0.2, 0.25) is 0 Å². The molecule has 9 heteroatoms. The number of aliphatic hydroxyl groups is 1. The number of aliphatic hydroxyl groups excluding tert-OH is 1. The van der Waals surface area contributed by atoms with Gasteiger partial charge in [0.05, 0.1) is 6.54 Å². The highest BCUT2D eigenvalue weighted by Crippen LogP contribution is 2.16. The van der Waals surface area contributed by atoms with Crippen molar-refractivity contribution in [2.45, 2.75) is 19.6 Å². The van der Waals surface area contributed by atoms with Crippen LogP contribution in [0.25, 0.3) is 11.2 Å². The van der Waals surface area contributed by atoms with E-state index >= 15 is 0 Å². The van der Waals surface area contributed by atoms with E-state index in [0.717, 1.165) is 0 Å². The molecule has 0 aliphatic rings. The normalized spacial score (nSPS) is 12.3. The van der Waals surface area contributed by atoms with E-state index < -0.39 is 17.4 Å². The average molecular weight is 359 g/mol. The summed E-state index contributed by atoms with van der Waals surface area (Å²) in [4.78, 5) is 30.7. The van der Waals surface area contributed by atoms with Crippen molar-refractivity contribution in [1.82, 2.24) is 19.1 Å². The zero-order valence-corrected chi connectivity index (χ0v) is 14.6. The minimum Gasteiger partial charge on any atom is -0.491 e. The number of aryl methyl sites for hydroxylation is 1. The summed E-state index contributed by atoms with van der Waals surface area (Å²) in [5.74, 6) is 1.06. The van der Waals surface area contributed by atoms with Crippen LogP contribution in [0.15, 0.2) is 39.9 Å². The summed E-state index contributed by atoms with van der Waals surface area (Å²) in [7, 11) is 1.53. The lowest BCUT2D eigenvalue weighted by Crippen LogP contribution is -2.31. The first-order valence-corrected chi connectivity index (χ1v) is 8.30. The van der Waals surface area contributed by atoms with Gasteiger partial charge in [0.15, 0.2) is 11.2 Å². The standard InChI is InChI=1S/C17H21N5O4/c1-3-18-16-19-14-13(15(24)20-17(25)21(14)2)22(16)9-11(23)10-26-12-7-5-4-6-8-12/h4-8,11,23H,3,9-10H2,1-2H3,(H,18,19)(H,20,24,25)/t11-/m0/s1. The van der Waals surface area contributed by atoms with Crippen molar-refractivity contribution in [3.8, 4) is 5.75 Å². The second-order valence-corrected chi connectivity index (χ2v) is 5.84. The lowest BCUT2D eigenvalue weighted by molar-refractivity contribution is 0.0938. The van der Waals surface area contributed by atoms with Crippen molar-refractivity contribution in [3.05, 3.63) is 51.2 Å². The number of benzene rings is 1. The Bertz CT molecular complexity index is 1010. The molecule has 26 heavy (non-hydrogen) atoms. The van der Waals surface area contributed by atoms with Crippen LogP contribution in [0.4, 0.5) is 5.95 Å². The third-order valence-corrected chi connectivity index (χ3v) is 3.92. The second-order valence-electron chi connectivity index (χ2n) is 5.84. The molecule has 0 saturated carbocycles. The lowest BCUT2D eigenvalue weighted by Gasteiger charge is -2.15. The summed E-state index contributed by atoms with van der Waals surface area (Å²) < 4.78 is 8.39. The summed E-state index contributed by atoms with van der Waals surface area (Å²) >= 11 is 0. The molecular weight excluding hydrogens is 338 g/mol. The maximum atomic E-state index is 12.3. The molecule has 0 spiro atoms. The summed E-state index contributed by atoms with van der Waals surface area (Å²) in [6, 6.07) is 9.15. The van der Waals surface area contributed by atoms with Gasteiger partial charge >= 0.3 is 5.69 Å². The van der Waals surface area contributed by atoms with Crippen LogP contribution in [-0.2, 0) is 13.6 Å². The predicted molar refractivity (Wildman–Crippen MR) is 97.7 cm³/mol. The SMILES string of the molecule is CCNc1nc2c(c(=O)[nH]c(=O)n2C)n1C[C@H](O)COc1ccccc1. The fourth-order valence-electron chi connectivity index (χ4n) is 2.68. The van der Waals surface area contributed by atoms with Crippen molar-refractivity contribution < 1.29 is 9.84 Å². The molecule has 1 atom stereocenters. The first kappa shape index (κ1) is 17.7. The van der Waals surface area contributed by atoms with E-state index in [-0.39, 0.29) is 24.3 Å². The number of H-pyrrole nitrogens is 1. The number of nitrogens with one attached hydrogen (secondary N) is 2. The number of para-hydroxylation sites is 1. The van der Waals surface area contributed by atoms with Gasteiger partial charge in [-0.15, -0.1) is 0 Å². The molecule has 0 unspecified atom stereocenters. The smallest absolute Gasteiger partial charge is 0.329 e. The van der Waals surface area contributed by atoms with Crippen molar-refractivity contribution in [3.63, 3.8) is 0 Å². The van der Waals surface area contributed by atoms with Crippen LogP contribution in [0.1, 0.15) is 6.92 Å². The quantitative estimate of drug-likeness (QED) is 0.559. The Morgan fingerprint density at radius 1 is 1.31 bits per heavy atom. The Hall–Kier alpha value is -3.07. The van der Waals surface area contributed by atoms with Gasteiger partial charge in [-0.3, -0.25) is 14.3 Å². The summed E-state index contributed by atoms with van der Waals surface area (Å²) in [6.07, 6.45) is -0.873. The van der Waals surface area contributed by atoms with E-state index in [1.54, 1.807) is 16.7 Å². The number of ether oxygens (including phenoxy) is 1. The Labute approximate surface area is 148 Å². The zero-order valence-electron chi connectivity index (χ0n) is 14.6. The van der Waals surface area contributed by atoms with Crippen LogP contribution < -0.4 is 21.3 Å². The molecule has 2 aromatic heterocycles. The molecule has 3 rings (SSSR count). The number of aromatic amines is 1. The van der Waals surface area contributed by atoms with E-state index in [1.165, 1.54) is 11.6 Å². The molecule has 0 amide bonds. The third-order valence-electron chi connectivity index (χ3n) is 3.92. The monoisotopic (exact) mass is 359 g/mol. The molecular formula is C17H21N5O4. The molecule has 0 bridgehead atoms. The van der Waals surface area contributed by atoms with Gasteiger partial charge in [-0.1, -0.05) is 18.2 Å². The largest absolute Gasteiger partial charge is 0.491 e. The highest BCUT2D eigenvalue weighted by molar-refractivity contribution is 5.74. The Morgan fingerprint density at radius 2 is 2.04 bits per heavy atom.